The second-order valence-corrected chi connectivity index (χ2v) is 2.90. The minimum absolute atomic E-state index is 0.181. The normalized spacial score (nSPS) is 9.87. The Hall–Kier alpha value is -2.17. The van der Waals surface area contributed by atoms with Gasteiger partial charge in [-0.15, -0.1) is 0 Å². The lowest BCUT2D eigenvalue weighted by molar-refractivity contribution is 0.0946. The van der Waals surface area contributed by atoms with Gasteiger partial charge in [-0.2, -0.15) is 0 Å². The quantitative estimate of drug-likeness (QED) is 0.808. The molecule has 0 bridgehead atoms. The molecule has 2 rings (SSSR count). The van der Waals surface area contributed by atoms with Crippen molar-refractivity contribution in [2.45, 2.75) is 6.54 Å². The van der Waals surface area contributed by atoms with Gasteiger partial charge in [-0.25, -0.2) is 0 Å². The highest BCUT2D eigenvalue weighted by atomic mass is 16.5. The number of carbonyl (C=O) groups is 1. The molecule has 0 unspecified atom stereocenters. The van der Waals surface area contributed by atoms with Crippen LogP contribution in [0.1, 0.15) is 16.1 Å². The highest BCUT2D eigenvalue weighted by molar-refractivity contribution is 5.93. The van der Waals surface area contributed by atoms with E-state index in [1.807, 2.05) is 0 Å². The average Bonchev–Trinajstić information content (AvgIpc) is 2.80. The van der Waals surface area contributed by atoms with Gasteiger partial charge in [0.25, 0.3) is 5.91 Å². The van der Waals surface area contributed by atoms with E-state index >= 15 is 0 Å². The first-order valence-corrected chi connectivity index (χ1v) is 4.44. The number of nitrogens with zero attached hydrogens (tertiary/aromatic N) is 2. The number of rotatable bonds is 3. The van der Waals surface area contributed by atoms with E-state index < -0.39 is 0 Å². The van der Waals surface area contributed by atoms with E-state index in [1.54, 1.807) is 24.4 Å². The first kappa shape index (κ1) is 9.39. The van der Waals surface area contributed by atoms with E-state index in [0.717, 1.165) is 0 Å². The highest BCUT2D eigenvalue weighted by Crippen LogP contribution is 1.98. The minimum Gasteiger partial charge on any atom is -0.360 e. The summed E-state index contributed by atoms with van der Waals surface area (Å²) in [6.45, 7) is 0.327. The van der Waals surface area contributed by atoms with Crippen LogP contribution in [-0.2, 0) is 6.54 Å². The van der Waals surface area contributed by atoms with Gasteiger partial charge in [-0.05, 0) is 12.1 Å². The second-order valence-electron chi connectivity index (χ2n) is 2.90. The van der Waals surface area contributed by atoms with Crippen molar-refractivity contribution in [1.82, 2.24) is 15.5 Å². The summed E-state index contributed by atoms with van der Waals surface area (Å²) in [5, 5.41) is 6.22. The standard InChI is InChI=1S/C10H9N3O2/c14-10(8-2-1-4-11-6-8)12-7-9-3-5-13-15-9/h1-6H,7H2,(H,12,14). The van der Waals surface area contributed by atoms with E-state index in [4.69, 9.17) is 4.52 Å². The predicted molar refractivity (Wildman–Crippen MR) is 51.9 cm³/mol. The fourth-order valence-corrected chi connectivity index (χ4v) is 1.10. The molecule has 0 aliphatic rings. The molecular weight excluding hydrogens is 194 g/mol. The first-order chi connectivity index (χ1) is 7.36. The Morgan fingerprint density at radius 3 is 3.00 bits per heavy atom. The Bertz CT molecular complexity index is 425. The molecule has 0 fully saturated rings. The molecule has 0 aliphatic heterocycles. The van der Waals surface area contributed by atoms with Crippen molar-refractivity contribution in [2.75, 3.05) is 0 Å². The van der Waals surface area contributed by atoms with E-state index in [1.165, 1.54) is 12.4 Å². The second kappa shape index (κ2) is 4.36. The minimum atomic E-state index is -0.181. The zero-order chi connectivity index (χ0) is 10.5. The lowest BCUT2D eigenvalue weighted by Gasteiger charge is -2.01. The third-order valence-corrected chi connectivity index (χ3v) is 1.84. The fourth-order valence-electron chi connectivity index (χ4n) is 1.10. The summed E-state index contributed by atoms with van der Waals surface area (Å²) in [6, 6.07) is 5.11. The van der Waals surface area contributed by atoms with Gasteiger partial charge in [0.2, 0.25) is 0 Å². The van der Waals surface area contributed by atoms with Crippen molar-refractivity contribution < 1.29 is 9.32 Å². The molecule has 2 aromatic rings. The third kappa shape index (κ3) is 2.40. The molecule has 1 N–H and O–H groups in total. The number of aromatic nitrogens is 2. The molecule has 0 saturated carbocycles. The predicted octanol–water partition coefficient (Wildman–Crippen LogP) is 1.000. The zero-order valence-electron chi connectivity index (χ0n) is 7.88. The topological polar surface area (TPSA) is 68.0 Å². The molecule has 15 heavy (non-hydrogen) atoms. The molecule has 0 aromatic carbocycles. The van der Waals surface area contributed by atoms with Crippen LogP contribution >= 0.6 is 0 Å². The van der Waals surface area contributed by atoms with Gasteiger partial charge in [-0.3, -0.25) is 9.78 Å². The number of pyridine rings is 1. The largest absolute Gasteiger partial charge is 0.360 e. The van der Waals surface area contributed by atoms with Crippen molar-refractivity contribution in [1.29, 1.82) is 0 Å². The van der Waals surface area contributed by atoms with Crippen LogP contribution in [0.5, 0.6) is 0 Å². The Morgan fingerprint density at radius 2 is 2.33 bits per heavy atom. The van der Waals surface area contributed by atoms with E-state index in [-0.39, 0.29) is 5.91 Å². The summed E-state index contributed by atoms with van der Waals surface area (Å²) >= 11 is 0. The molecule has 76 valence electrons. The maximum atomic E-state index is 11.5. The van der Waals surface area contributed by atoms with Gasteiger partial charge in [0.15, 0.2) is 5.76 Å². The van der Waals surface area contributed by atoms with Crippen molar-refractivity contribution >= 4 is 5.91 Å². The van der Waals surface area contributed by atoms with Gasteiger partial charge < -0.3 is 9.84 Å². The van der Waals surface area contributed by atoms with Gasteiger partial charge in [0.1, 0.15) is 0 Å². The number of carbonyl (C=O) groups excluding carboxylic acids is 1. The highest BCUT2D eigenvalue weighted by Gasteiger charge is 2.05. The molecule has 0 saturated heterocycles. The Kier molecular flexibility index (Phi) is 2.73. The maximum absolute atomic E-state index is 11.5. The third-order valence-electron chi connectivity index (χ3n) is 1.84. The molecule has 5 heteroatoms. The summed E-state index contributed by atoms with van der Waals surface area (Å²) in [5.74, 6) is 0.437. The summed E-state index contributed by atoms with van der Waals surface area (Å²) in [6.07, 6.45) is 4.66. The molecule has 0 aliphatic carbocycles. The Morgan fingerprint density at radius 1 is 1.40 bits per heavy atom. The molecule has 0 spiro atoms. The summed E-state index contributed by atoms with van der Waals surface area (Å²) < 4.78 is 4.84. The van der Waals surface area contributed by atoms with Gasteiger partial charge in [0, 0.05) is 18.5 Å². The lowest BCUT2D eigenvalue weighted by Crippen LogP contribution is -2.22. The number of hydrogen-bond donors (Lipinski definition) is 1. The molecule has 2 aromatic heterocycles. The number of amides is 1. The Balaban J connectivity index is 1.94. The molecule has 0 atom stereocenters. The van der Waals surface area contributed by atoms with Crippen molar-refractivity contribution in [3.63, 3.8) is 0 Å². The molecule has 0 radical (unpaired) electrons. The van der Waals surface area contributed by atoms with Crippen LogP contribution < -0.4 is 5.32 Å². The molecular formula is C10H9N3O2. The molecule has 1 amide bonds. The summed E-state index contributed by atoms with van der Waals surface area (Å²) in [7, 11) is 0. The van der Waals surface area contributed by atoms with Crippen LogP contribution in [0.15, 0.2) is 41.3 Å². The van der Waals surface area contributed by atoms with Crippen molar-refractivity contribution in [2.24, 2.45) is 0 Å². The summed E-state index contributed by atoms with van der Waals surface area (Å²) in [5.41, 5.74) is 0.525. The van der Waals surface area contributed by atoms with Crippen LogP contribution in [0.4, 0.5) is 0 Å². The zero-order valence-corrected chi connectivity index (χ0v) is 7.88. The van der Waals surface area contributed by atoms with Crippen molar-refractivity contribution in [3.8, 4) is 0 Å². The lowest BCUT2D eigenvalue weighted by atomic mass is 10.2. The molecule has 5 nitrogen and oxygen atoms in total. The number of nitrogens with one attached hydrogen (secondary N) is 1. The Labute approximate surface area is 86.1 Å². The van der Waals surface area contributed by atoms with Crippen LogP contribution in [0.25, 0.3) is 0 Å². The monoisotopic (exact) mass is 203 g/mol. The van der Waals surface area contributed by atoms with Gasteiger partial charge >= 0.3 is 0 Å². The first-order valence-electron chi connectivity index (χ1n) is 4.44. The van der Waals surface area contributed by atoms with Gasteiger partial charge in [0.05, 0.1) is 18.3 Å². The average molecular weight is 203 g/mol. The van der Waals surface area contributed by atoms with E-state index in [2.05, 4.69) is 15.5 Å². The summed E-state index contributed by atoms with van der Waals surface area (Å²) in [4.78, 5) is 15.4. The maximum Gasteiger partial charge on any atom is 0.253 e. The van der Waals surface area contributed by atoms with E-state index in [0.29, 0.717) is 17.9 Å². The van der Waals surface area contributed by atoms with Crippen molar-refractivity contribution in [3.05, 3.63) is 48.1 Å². The fraction of sp³-hybridized carbons (Fsp3) is 0.100. The van der Waals surface area contributed by atoms with Crippen LogP contribution in [0.3, 0.4) is 0 Å². The van der Waals surface area contributed by atoms with Crippen LogP contribution in [0.2, 0.25) is 0 Å². The molecule has 2 heterocycles. The smallest absolute Gasteiger partial charge is 0.253 e. The SMILES string of the molecule is O=C(NCc1ccno1)c1cccnc1. The number of hydrogen-bond acceptors (Lipinski definition) is 4. The van der Waals surface area contributed by atoms with E-state index in [9.17, 15) is 4.79 Å². The van der Waals surface area contributed by atoms with Crippen LogP contribution in [-0.4, -0.2) is 16.0 Å². The van der Waals surface area contributed by atoms with Crippen LogP contribution in [0, 0.1) is 0 Å². The van der Waals surface area contributed by atoms with Gasteiger partial charge in [-0.1, -0.05) is 5.16 Å².